The summed E-state index contributed by atoms with van der Waals surface area (Å²) in [5.41, 5.74) is 0.208. The maximum Gasteiger partial charge on any atom is 0.358 e. The molecule has 0 aliphatic carbocycles. The quantitative estimate of drug-likeness (QED) is 0.618. The summed E-state index contributed by atoms with van der Waals surface area (Å²) in [6.45, 7) is 0. The second kappa shape index (κ2) is 5.54. The van der Waals surface area contributed by atoms with Crippen LogP contribution in [0.4, 0.5) is 0 Å². The zero-order chi connectivity index (χ0) is 14.6. The molecule has 0 saturated carbocycles. The molecule has 0 bridgehead atoms. The molecule has 8 heteroatoms. The number of rotatable bonds is 4. The van der Waals surface area contributed by atoms with Crippen molar-refractivity contribution in [3.05, 3.63) is 48.0 Å². The molecule has 0 atom stereocenters. The van der Waals surface area contributed by atoms with Crippen LogP contribution in [0.3, 0.4) is 0 Å². The molecule has 0 spiro atoms. The predicted octanol–water partition coefficient (Wildman–Crippen LogP) is 1.03. The molecule has 1 aromatic carbocycles. The minimum Gasteiger partial charge on any atom is -0.332 e. The summed E-state index contributed by atoms with van der Waals surface area (Å²) in [4.78, 5) is 3.91. The van der Waals surface area contributed by atoms with Crippen LogP contribution in [0.15, 0.2) is 46.6 Å². The number of nitrogens with zero attached hydrogens (tertiary/aromatic N) is 4. The first-order valence-corrected chi connectivity index (χ1v) is 6.89. The van der Waals surface area contributed by atoms with Gasteiger partial charge in [-0.05, 0) is 12.1 Å². The first-order valence-electron chi connectivity index (χ1n) is 5.48. The van der Waals surface area contributed by atoms with Crippen molar-refractivity contribution >= 4 is 16.3 Å². The van der Waals surface area contributed by atoms with E-state index >= 15 is 0 Å². The Morgan fingerprint density at radius 2 is 2.10 bits per heavy atom. The molecule has 0 aliphatic rings. The van der Waals surface area contributed by atoms with Crippen molar-refractivity contribution in [1.29, 1.82) is 5.26 Å². The highest BCUT2D eigenvalue weighted by Gasteiger charge is 2.14. The number of hydrogen-bond acceptors (Lipinski definition) is 6. The zero-order valence-corrected chi connectivity index (χ0v) is 11.3. The third-order valence-electron chi connectivity index (χ3n) is 2.37. The van der Waals surface area contributed by atoms with Crippen molar-refractivity contribution < 1.29 is 12.7 Å². The molecule has 0 aliphatic heterocycles. The zero-order valence-electron chi connectivity index (χ0n) is 10.5. The van der Waals surface area contributed by atoms with E-state index in [1.165, 1.54) is 22.9 Å². The van der Waals surface area contributed by atoms with Crippen LogP contribution in [0.1, 0.15) is 11.5 Å². The largest absolute Gasteiger partial charge is 0.358 e. The summed E-state index contributed by atoms with van der Waals surface area (Å²) >= 11 is 0. The standard InChI is InChI=1S/C12H10N4O3S/c1-16-9-10(7-13)15-12(16)8-14-19-20(17,18)11-5-3-2-4-6-11/h2-6,8-9H,1H3/b14-8+. The normalized spacial score (nSPS) is 11.4. The summed E-state index contributed by atoms with van der Waals surface area (Å²) in [5, 5.41) is 12.1. The third-order valence-corrected chi connectivity index (χ3v) is 3.50. The summed E-state index contributed by atoms with van der Waals surface area (Å²) in [6.07, 6.45) is 2.62. The van der Waals surface area contributed by atoms with Gasteiger partial charge in [-0.15, -0.1) is 0 Å². The Bertz CT molecular complexity index is 773. The summed E-state index contributed by atoms with van der Waals surface area (Å²) in [6, 6.07) is 9.53. The number of benzene rings is 1. The molecule has 0 saturated heterocycles. The van der Waals surface area contributed by atoms with E-state index in [1.807, 2.05) is 6.07 Å². The fourth-order valence-corrected chi connectivity index (χ4v) is 2.14. The van der Waals surface area contributed by atoms with Crippen LogP contribution in [0.5, 0.6) is 0 Å². The number of imidazole rings is 1. The minimum atomic E-state index is -3.94. The van der Waals surface area contributed by atoms with Crippen molar-refractivity contribution in [3.8, 4) is 6.07 Å². The molecule has 0 radical (unpaired) electrons. The Morgan fingerprint density at radius 3 is 2.70 bits per heavy atom. The Kier molecular flexibility index (Phi) is 3.81. The smallest absolute Gasteiger partial charge is 0.332 e. The molecular formula is C12H10N4O3S. The average Bonchev–Trinajstić information content (AvgIpc) is 2.80. The molecule has 0 fully saturated rings. The molecule has 7 nitrogen and oxygen atoms in total. The minimum absolute atomic E-state index is 0.00899. The van der Waals surface area contributed by atoms with Crippen LogP contribution in [0.2, 0.25) is 0 Å². The van der Waals surface area contributed by atoms with Crippen LogP contribution < -0.4 is 0 Å². The fraction of sp³-hybridized carbons (Fsp3) is 0.0833. The number of aryl methyl sites for hydroxylation is 1. The molecule has 20 heavy (non-hydrogen) atoms. The average molecular weight is 290 g/mol. The highest BCUT2D eigenvalue weighted by atomic mass is 32.2. The van der Waals surface area contributed by atoms with E-state index in [-0.39, 0.29) is 10.6 Å². The topological polar surface area (TPSA) is 97.3 Å². The monoisotopic (exact) mass is 290 g/mol. The van der Waals surface area contributed by atoms with E-state index < -0.39 is 10.1 Å². The van der Waals surface area contributed by atoms with Gasteiger partial charge in [0.15, 0.2) is 11.5 Å². The maximum atomic E-state index is 11.8. The van der Waals surface area contributed by atoms with Crippen LogP contribution >= 0.6 is 0 Å². The first kappa shape index (κ1) is 13.8. The van der Waals surface area contributed by atoms with Gasteiger partial charge in [0.1, 0.15) is 17.2 Å². The lowest BCUT2D eigenvalue weighted by atomic mass is 10.4. The Morgan fingerprint density at radius 1 is 1.40 bits per heavy atom. The van der Waals surface area contributed by atoms with E-state index in [9.17, 15) is 8.42 Å². The van der Waals surface area contributed by atoms with Crippen molar-refractivity contribution in [2.45, 2.75) is 4.90 Å². The fourth-order valence-electron chi connectivity index (χ4n) is 1.41. The van der Waals surface area contributed by atoms with Gasteiger partial charge in [-0.25, -0.2) is 4.98 Å². The van der Waals surface area contributed by atoms with Gasteiger partial charge in [-0.2, -0.15) is 13.7 Å². The Balaban J connectivity index is 2.14. The molecular weight excluding hydrogens is 280 g/mol. The number of hydrogen-bond donors (Lipinski definition) is 0. The van der Waals surface area contributed by atoms with Crippen LogP contribution in [0.25, 0.3) is 0 Å². The summed E-state index contributed by atoms with van der Waals surface area (Å²) in [7, 11) is -2.29. The van der Waals surface area contributed by atoms with Gasteiger partial charge in [0.2, 0.25) is 0 Å². The van der Waals surface area contributed by atoms with Crippen LogP contribution in [-0.2, 0) is 21.4 Å². The van der Waals surface area contributed by atoms with Gasteiger partial charge in [0.25, 0.3) is 0 Å². The van der Waals surface area contributed by atoms with E-state index in [0.717, 1.165) is 6.21 Å². The van der Waals surface area contributed by atoms with Gasteiger partial charge in [0, 0.05) is 13.2 Å². The lowest BCUT2D eigenvalue weighted by Crippen LogP contribution is -2.03. The molecule has 0 N–H and O–H groups in total. The molecule has 102 valence electrons. The Hall–Kier alpha value is -2.66. The van der Waals surface area contributed by atoms with Crippen molar-refractivity contribution in [3.63, 3.8) is 0 Å². The highest BCUT2D eigenvalue weighted by Crippen LogP contribution is 2.11. The molecule has 1 heterocycles. The molecule has 0 amide bonds. The van der Waals surface area contributed by atoms with E-state index in [2.05, 4.69) is 14.4 Å². The molecule has 2 aromatic rings. The number of nitriles is 1. The van der Waals surface area contributed by atoms with Gasteiger partial charge >= 0.3 is 10.1 Å². The number of aromatic nitrogens is 2. The van der Waals surface area contributed by atoms with E-state index in [1.54, 1.807) is 25.2 Å². The first-order chi connectivity index (χ1) is 9.53. The molecule has 0 unspecified atom stereocenters. The molecule has 1 aromatic heterocycles. The lowest BCUT2D eigenvalue weighted by Gasteiger charge is -2.00. The van der Waals surface area contributed by atoms with Crippen molar-refractivity contribution in [1.82, 2.24) is 9.55 Å². The van der Waals surface area contributed by atoms with Crippen LogP contribution in [0, 0.1) is 11.3 Å². The summed E-state index contributed by atoms with van der Waals surface area (Å²) < 4.78 is 29.6. The predicted molar refractivity (Wildman–Crippen MR) is 70.2 cm³/mol. The molecule has 2 rings (SSSR count). The summed E-state index contributed by atoms with van der Waals surface area (Å²) in [5.74, 6) is 0.310. The maximum absolute atomic E-state index is 11.8. The SMILES string of the molecule is Cn1cc(C#N)nc1/C=N/OS(=O)(=O)c1ccccc1. The number of oxime groups is 1. The highest BCUT2D eigenvalue weighted by molar-refractivity contribution is 7.86. The van der Waals surface area contributed by atoms with Gasteiger partial charge < -0.3 is 4.57 Å². The lowest BCUT2D eigenvalue weighted by molar-refractivity contribution is 0.340. The third kappa shape index (κ3) is 3.02. The van der Waals surface area contributed by atoms with Crippen LogP contribution in [-0.4, -0.2) is 24.2 Å². The second-order valence-corrected chi connectivity index (χ2v) is 5.31. The van der Waals surface area contributed by atoms with E-state index in [0.29, 0.717) is 5.82 Å². The van der Waals surface area contributed by atoms with E-state index in [4.69, 9.17) is 5.26 Å². The second-order valence-electron chi connectivity index (χ2n) is 3.78. The van der Waals surface area contributed by atoms with Crippen molar-refractivity contribution in [2.75, 3.05) is 0 Å². The van der Waals surface area contributed by atoms with Gasteiger partial charge in [-0.1, -0.05) is 23.4 Å². The van der Waals surface area contributed by atoms with Gasteiger partial charge in [-0.3, -0.25) is 4.28 Å². The van der Waals surface area contributed by atoms with Crippen molar-refractivity contribution in [2.24, 2.45) is 12.2 Å². The Labute approximate surface area is 115 Å². The van der Waals surface area contributed by atoms with Gasteiger partial charge in [0.05, 0.1) is 0 Å².